The number of rotatable bonds is 6. The molecule has 0 aliphatic heterocycles. The van der Waals surface area contributed by atoms with Gasteiger partial charge in [-0.05, 0) is 36.4 Å². The Morgan fingerprint density at radius 1 is 0.970 bits per heavy atom. The average Bonchev–Trinajstić information content (AvgIpc) is 3.42. The van der Waals surface area contributed by atoms with E-state index in [9.17, 15) is 22.8 Å². The number of fused-ring (bicyclic) bond motifs is 1. The number of amides is 2. The summed E-state index contributed by atoms with van der Waals surface area (Å²) in [6.45, 7) is -0.623. The third-order valence-electron chi connectivity index (χ3n) is 4.54. The van der Waals surface area contributed by atoms with Crippen LogP contribution in [0.25, 0.3) is 11.0 Å². The van der Waals surface area contributed by atoms with Crippen molar-refractivity contribution in [1.82, 2.24) is 20.4 Å². The highest BCUT2D eigenvalue weighted by Gasteiger charge is 2.38. The Hall–Kier alpha value is -4.28. The van der Waals surface area contributed by atoms with Crippen LogP contribution in [0.1, 0.15) is 22.1 Å². The normalized spacial score (nSPS) is 11.4. The number of aromatic nitrogens is 2. The summed E-state index contributed by atoms with van der Waals surface area (Å²) in [6.07, 6.45) is -4.76. The van der Waals surface area contributed by atoms with Gasteiger partial charge < -0.3 is 13.7 Å². The predicted octanol–water partition coefficient (Wildman–Crippen LogP) is 3.69. The molecule has 11 heteroatoms. The molecule has 170 valence electrons. The second-order valence-corrected chi connectivity index (χ2v) is 6.88. The molecule has 4 rings (SSSR count). The number of para-hydroxylation sites is 3. The van der Waals surface area contributed by atoms with Crippen LogP contribution in [0.15, 0.2) is 71.1 Å². The summed E-state index contributed by atoms with van der Waals surface area (Å²) in [7, 11) is 0. The van der Waals surface area contributed by atoms with Gasteiger partial charge in [0.25, 0.3) is 5.91 Å². The lowest BCUT2D eigenvalue weighted by Gasteiger charge is -2.12. The molecule has 4 aromatic rings. The maximum Gasteiger partial charge on any atom is 0.449 e. The van der Waals surface area contributed by atoms with Gasteiger partial charge in [0.2, 0.25) is 5.82 Å². The van der Waals surface area contributed by atoms with E-state index in [2.05, 4.69) is 15.8 Å². The van der Waals surface area contributed by atoms with E-state index in [-0.39, 0.29) is 23.4 Å². The molecule has 0 radical (unpaired) electrons. The van der Waals surface area contributed by atoms with Crippen molar-refractivity contribution in [3.05, 3.63) is 84.1 Å². The molecule has 0 unspecified atom stereocenters. The summed E-state index contributed by atoms with van der Waals surface area (Å²) in [6, 6.07) is 17.8. The van der Waals surface area contributed by atoms with Crippen molar-refractivity contribution in [2.24, 2.45) is 0 Å². The minimum Gasteiger partial charge on any atom is -0.486 e. The Kier molecular flexibility index (Phi) is 6.03. The summed E-state index contributed by atoms with van der Waals surface area (Å²) < 4.78 is 51.6. The predicted molar refractivity (Wildman–Crippen MR) is 110 cm³/mol. The standard InChI is InChI=1S/C22H17F3N4O4/c23-22(24,25)21-26-16-8-4-5-9-17(16)29(21)12-19(30)27-28-20(31)18-11-10-15(33-18)13-32-14-6-2-1-3-7-14/h1-11H,12-13H2,(H,27,30)(H,28,31). The van der Waals surface area contributed by atoms with Gasteiger partial charge in [-0.3, -0.25) is 20.4 Å². The Bertz CT molecular complexity index is 1280. The van der Waals surface area contributed by atoms with E-state index in [4.69, 9.17) is 9.15 Å². The first-order chi connectivity index (χ1) is 15.8. The van der Waals surface area contributed by atoms with Gasteiger partial charge in [0.05, 0.1) is 11.0 Å². The van der Waals surface area contributed by atoms with Crippen LogP contribution < -0.4 is 15.6 Å². The topological polar surface area (TPSA) is 98.4 Å². The van der Waals surface area contributed by atoms with E-state index in [0.717, 1.165) is 4.57 Å². The smallest absolute Gasteiger partial charge is 0.449 e. The number of alkyl halides is 3. The van der Waals surface area contributed by atoms with Crippen molar-refractivity contribution >= 4 is 22.8 Å². The van der Waals surface area contributed by atoms with Gasteiger partial charge in [0.1, 0.15) is 24.7 Å². The van der Waals surface area contributed by atoms with Crippen LogP contribution in [0, 0.1) is 0 Å². The van der Waals surface area contributed by atoms with E-state index in [1.54, 1.807) is 18.2 Å². The molecule has 2 aromatic carbocycles. The van der Waals surface area contributed by atoms with Crippen LogP contribution in [0.4, 0.5) is 13.2 Å². The van der Waals surface area contributed by atoms with Crippen molar-refractivity contribution < 1.29 is 31.9 Å². The summed E-state index contributed by atoms with van der Waals surface area (Å²) >= 11 is 0. The van der Waals surface area contributed by atoms with E-state index < -0.39 is 30.4 Å². The zero-order valence-electron chi connectivity index (χ0n) is 16.9. The molecule has 0 aliphatic carbocycles. The van der Waals surface area contributed by atoms with E-state index in [1.165, 1.54) is 30.3 Å². The Morgan fingerprint density at radius 3 is 2.45 bits per heavy atom. The van der Waals surface area contributed by atoms with Crippen LogP contribution in [-0.2, 0) is 24.1 Å². The number of nitrogens with zero attached hydrogens (tertiary/aromatic N) is 2. The molecule has 0 saturated heterocycles. The molecule has 2 heterocycles. The van der Waals surface area contributed by atoms with Crippen LogP contribution in [0.5, 0.6) is 5.75 Å². The third kappa shape index (κ3) is 5.14. The highest BCUT2D eigenvalue weighted by molar-refractivity contribution is 5.93. The first-order valence-corrected chi connectivity index (χ1v) is 9.69. The van der Waals surface area contributed by atoms with Gasteiger partial charge in [-0.1, -0.05) is 30.3 Å². The fourth-order valence-corrected chi connectivity index (χ4v) is 3.07. The summed E-state index contributed by atoms with van der Waals surface area (Å²) in [5.74, 6) is -1.98. The molecule has 0 fully saturated rings. The number of nitrogens with one attached hydrogen (secondary N) is 2. The van der Waals surface area contributed by atoms with Gasteiger partial charge >= 0.3 is 12.1 Å². The molecule has 0 aliphatic rings. The van der Waals surface area contributed by atoms with Crippen molar-refractivity contribution in [3.63, 3.8) is 0 Å². The molecule has 0 spiro atoms. The van der Waals surface area contributed by atoms with E-state index in [1.807, 2.05) is 18.2 Å². The summed E-state index contributed by atoms with van der Waals surface area (Å²) in [5, 5.41) is 0. The molecule has 2 N–H and O–H groups in total. The minimum absolute atomic E-state index is 0.0809. The number of imidazole rings is 1. The first kappa shape index (κ1) is 21.9. The van der Waals surface area contributed by atoms with E-state index in [0.29, 0.717) is 11.5 Å². The van der Waals surface area contributed by atoms with Crippen molar-refractivity contribution in [2.45, 2.75) is 19.3 Å². The maximum atomic E-state index is 13.3. The lowest BCUT2D eigenvalue weighted by molar-refractivity contribution is -0.147. The van der Waals surface area contributed by atoms with Gasteiger partial charge in [-0.2, -0.15) is 13.2 Å². The Morgan fingerprint density at radius 2 is 1.70 bits per heavy atom. The Labute approximate surface area is 184 Å². The number of hydrogen-bond donors (Lipinski definition) is 2. The zero-order valence-corrected chi connectivity index (χ0v) is 16.9. The molecule has 2 aromatic heterocycles. The number of carbonyl (C=O) groups excluding carboxylic acids is 2. The number of hydrazine groups is 1. The molecule has 33 heavy (non-hydrogen) atoms. The highest BCUT2D eigenvalue weighted by atomic mass is 19.4. The highest BCUT2D eigenvalue weighted by Crippen LogP contribution is 2.31. The number of carbonyl (C=O) groups is 2. The van der Waals surface area contributed by atoms with Crippen LogP contribution in [0.2, 0.25) is 0 Å². The summed E-state index contributed by atoms with van der Waals surface area (Å²) in [4.78, 5) is 28.0. The van der Waals surface area contributed by atoms with Gasteiger partial charge in [-0.15, -0.1) is 0 Å². The minimum atomic E-state index is -4.76. The molecular formula is C22H17F3N4O4. The van der Waals surface area contributed by atoms with Crippen molar-refractivity contribution in [2.75, 3.05) is 0 Å². The molecular weight excluding hydrogens is 441 g/mol. The maximum absolute atomic E-state index is 13.3. The Balaban J connectivity index is 1.36. The van der Waals surface area contributed by atoms with Crippen LogP contribution in [0.3, 0.4) is 0 Å². The van der Waals surface area contributed by atoms with Crippen molar-refractivity contribution in [1.29, 1.82) is 0 Å². The third-order valence-corrected chi connectivity index (χ3v) is 4.54. The average molecular weight is 458 g/mol. The van der Waals surface area contributed by atoms with Gasteiger partial charge in [-0.25, -0.2) is 4.98 Å². The molecule has 0 bridgehead atoms. The largest absolute Gasteiger partial charge is 0.486 e. The van der Waals surface area contributed by atoms with E-state index >= 15 is 0 Å². The van der Waals surface area contributed by atoms with Crippen LogP contribution in [-0.4, -0.2) is 21.4 Å². The molecule has 2 amide bonds. The number of ether oxygens (including phenoxy) is 1. The number of hydrogen-bond acceptors (Lipinski definition) is 5. The SMILES string of the molecule is O=C(Cn1c(C(F)(F)F)nc2ccccc21)NNC(=O)c1ccc(COc2ccccc2)o1. The molecule has 0 saturated carbocycles. The lowest BCUT2D eigenvalue weighted by Crippen LogP contribution is -2.43. The van der Waals surface area contributed by atoms with Gasteiger partial charge in [0.15, 0.2) is 5.76 Å². The quantitative estimate of drug-likeness (QED) is 0.430. The molecule has 0 atom stereocenters. The van der Waals surface area contributed by atoms with Gasteiger partial charge in [0, 0.05) is 0 Å². The van der Waals surface area contributed by atoms with Crippen molar-refractivity contribution in [3.8, 4) is 5.75 Å². The second kappa shape index (κ2) is 9.07. The van der Waals surface area contributed by atoms with Crippen LogP contribution >= 0.6 is 0 Å². The number of halogens is 3. The summed E-state index contributed by atoms with van der Waals surface area (Å²) in [5.41, 5.74) is 4.44. The number of benzene rings is 2. The zero-order chi connectivity index (χ0) is 23.4. The monoisotopic (exact) mass is 458 g/mol. The first-order valence-electron chi connectivity index (χ1n) is 9.69. The second-order valence-electron chi connectivity index (χ2n) is 6.88. The number of furan rings is 1. The lowest BCUT2D eigenvalue weighted by atomic mass is 10.3. The fraction of sp³-hybridized carbons (Fsp3) is 0.136. The fourth-order valence-electron chi connectivity index (χ4n) is 3.07. The molecule has 8 nitrogen and oxygen atoms in total.